The fourth-order valence-electron chi connectivity index (χ4n) is 3.69. The minimum absolute atomic E-state index is 0.168. The molecule has 7 heteroatoms. The van der Waals surface area contributed by atoms with Crippen LogP contribution < -0.4 is 11.1 Å². The van der Waals surface area contributed by atoms with Crippen molar-refractivity contribution < 1.29 is 14.7 Å². The first-order valence-electron chi connectivity index (χ1n) is 9.88. The molecule has 4 N–H and O–H groups in total. The predicted octanol–water partition coefficient (Wildman–Crippen LogP) is 2.96. The highest BCUT2D eigenvalue weighted by Crippen LogP contribution is 2.34. The van der Waals surface area contributed by atoms with Gasteiger partial charge in [0.15, 0.2) is 0 Å². The number of likely N-dealkylation sites (tertiary alicyclic amines) is 1. The molecule has 1 aromatic heterocycles. The molecule has 1 unspecified atom stereocenters. The van der Waals surface area contributed by atoms with Crippen LogP contribution in [0.3, 0.4) is 0 Å². The van der Waals surface area contributed by atoms with Crippen LogP contribution in [0.4, 0.5) is 11.5 Å². The molecule has 1 aliphatic rings. The minimum Gasteiger partial charge on any atom is -0.389 e. The molecule has 1 aliphatic heterocycles. The number of aliphatic hydroxyl groups is 1. The van der Waals surface area contributed by atoms with Crippen molar-refractivity contribution in [1.82, 2.24) is 9.88 Å². The molecule has 7 nitrogen and oxygen atoms in total. The highest BCUT2D eigenvalue weighted by molar-refractivity contribution is 6.39. The number of nitrogens with zero attached hydrogens (tertiary/aromatic N) is 2. The molecular weight excluding hydrogens is 368 g/mol. The van der Waals surface area contributed by atoms with E-state index in [9.17, 15) is 14.7 Å². The van der Waals surface area contributed by atoms with Crippen LogP contribution in [0, 0.1) is 12.8 Å². The molecule has 1 aromatic carbocycles. The molecule has 0 radical (unpaired) electrons. The molecule has 154 valence electrons. The van der Waals surface area contributed by atoms with Gasteiger partial charge >= 0.3 is 11.8 Å². The van der Waals surface area contributed by atoms with Crippen LogP contribution >= 0.6 is 0 Å². The van der Waals surface area contributed by atoms with Crippen molar-refractivity contribution in [2.75, 3.05) is 17.6 Å². The zero-order valence-electron chi connectivity index (χ0n) is 17.1. The van der Waals surface area contributed by atoms with Crippen LogP contribution in [0.15, 0.2) is 36.5 Å². The first-order chi connectivity index (χ1) is 13.8. The van der Waals surface area contributed by atoms with Crippen molar-refractivity contribution in [3.8, 4) is 0 Å². The molecule has 2 aromatic rings. The third-order valence-electron chi connectivity index (χ3n) is 5.45. The van der Waals surface area contributed by atoms with Gasteiger partial charge in [-0.3, -0.25) is 9.59 Å². The highest BCUT2D eigenvalue weighted by Gasteiger charge is 2.34. The summed E-state index contributed by atoms with van der Waals surface area (Å²) >= 11 is 0. The van der Waals surface area contributed by atoms with Crippen molar-refractivity contribution in [2.24, 2.45) is 5.92 Å². The van der Waals surface area contributed by atoms with E-state index in [0.717, 1.165) is 29.5 Å². The van der Waals surface area contributed by atoms with E-state index >= 15 is 0 Å². The van der Waals surface area contributed by atoms with Gasteiger partial charge in [-0.25, -0.2) is 4.98 Å². The van der Waals surface area contributed by atoms with Crippen molar-refractivity contribution in [3.63, 3.8) is 0 Å². The van der Waals surface area contributed by atoms with E-state index in [2.05, 4.69) is 17.2 Å². The summed E-state index contributed by atoms with van der Waals surface area (Å²) in [5.74, 6) is -0.536. The lowest BCUT2D eigenvalue weighted by molar-refractivity contribution is -0.146. The van der Waals surface area contributed by atoms with Gasteiger partial charge in [0.25, 0.3) is 0 Å². The summed E-state index contributed by atoms with van der Waals surface area (Å²) < 4.78 is 0. The summed E-state index contributed by atoms with van der Waals surface area (Å²) in [4.78, 5) is 31.3. The molecule has 2 heterocycles. The van der Waals surface area contributed by atoms with E-state index in [1.165, 1.54) is 6.20 Å². The number of aryl methyl sites for hydroxylation is 1. The van der Waals surface area contributed by atoms with E-state index in [1.54, 1.807) is 24.8 Å². The number of benzene rings is 1. The van der Waals surface area contributed by atoms with Crippen molar-refractivity contribution >= 4 is 23.3 Å². The van der Waals surface area contributed by atoms with E-state index in [1.807, 2.05) is 24.3 Å². The molecule has 1 fully saturated rings. The smallest absolute Gasteiger partial charge is 0.313 e. The predicted molar refractivity (Wildman–Crippen MR) is 112 cm³/mol. The number of hydrogen-bond donors (Lipinski definition) is 3. The molecule has 0 saturated carbocycles. The summed E-state index contributed by atoms with van der Waals surface area (Å²) in [6.07, 6.45) is 2.67. The number of amides is 2. The van der Waals surface area contributed by atoms with Gasteiger partial charge in [0.2, 0.25) is 0 Å². The Labute approximate surface area is 170 Å². The summed E-state index contributed by atoms with van der Waals surface area (Å²) in [6, 6.07) is 9.10. The number of pyridine rings is 1. The van der Waals surface area contributed by atoms with Gasteiger partial charge in [-0.05, 0) is 55.4 Å². The molecule has 2 amide bonds. The third kappa shape index (κ3) is 4.74. The van der Waals surface area contributed by atoms with E-state index in [0.29, 0.717) is 24.0 Å². The normalized spacial score (nSPS) is 20.2. The largest absolute Gasteiger partial charge is 0.389 e. The Bertz CT molecular complexity index is 895. The number of carbonyl (C=O) groups is 2. The molecule has 1 saturated heterocycles. The average Bonchev–Trinajstić information content (AvgIpc) is 2.70. The summed E-state index contributed by atoms with van der Waals surface area (Å²) in [5, 5.41) is 12.4. The Morgan fingerprint density at radius 3 is 2.59 bits per heavy atom. The van der Waals surface area contributed by atoms with Crippen LogP contribution in [0.2, 0.25) is 0 Å². The topological polar surface area (TPSA) is 109 Å². The lowest BCUT2D eigenvalue weighted by Crippen LogP contribution is -2.46. The van der Waals surface area contributed by atoms with Crippen LogP contribution in [0.5, 0.6) is 0 Å². The minimum atomic E-state index is -0.685. The second kappa shape index (κ2) is 8.61. The van der Waals surface area contributed by atoms with Crippen LogP contribution in [0.1, 0.15) is 55.5 Å². The maximum Gasteiger partial charge on any atom is 0.313 e. The number of aromatic nitrogens is 1. The van der Waals surface area contributed by atoms with Crippen LogP contribution in [-0.4, -0.2) is 33.3 Å². The van der Waals surface area contributed by atoms with Crippen LogP contribution in [-0.2, 0) is 9.59 Å². The number of aliphatic hydroxyl groups excluding tert-OH is 1. The van der Waals surface area contributed by atoms with Gasteiger partial charge in [-0.1, -0.05) is 31.2 Å². The monoisotopic (exact) mass is 396 g/mol. The lowest BCUT2D eigenvalue weighted by atomic mass is 9.89. The number of rotatable bonds is 3. The van der Waals surface area contributed by atoms with Gasteiger partial charge in [0.05, 0.1) is 24.0 Å². The number of nitrogens with one attached hydrogen (secondary N) is 1. The SMILES string of the molecule is Cc1cc(NC(=O)C(=O)N2C[C@H](C)CC[C@H]2c2ccc(C(C)O)cc2)cnc1N. The Morgan fingerprint density at radius 2 is 1.97 bits per heavy atom. The molecule has 0 bridgehead atoms. The van der Waals surface area contributed by atoms with Crippen molar-refractivity contribution in [2.45, 2.75) is 45.8 Å². The van der Waals surface area contributed by atoms with Crippen molar-refractivity contribution in [3.05, 3.63) is 53.2 Å². The Balaban J connectivity index is 1.79. The van der Waals surface area contributed by atoms with E-state index in [-0.39, 0.29) is 6.04 Å². The third-order valence-corrected chi connectivity index (χ3v) is 5.45. The molecule has 3 rings (SSSR count). The fraction of sp³-hybridized carbons (Fsp3) is 0.409. The van der Waals surface area contributed by atoms with E-state index < -0.39 is 17.9 Å². The second-order valence-electron chi connectivity index (χ2n) is 7.88. The van der Waals surface area contributed by atoms with Gasteiger partial charge < -0.3 is 21.1 Å². The Kier molecular flexibility index (Phi) is 6.17. The first-order valence-corrected chi connectivity index (χ1v) is 9.88. The summed E-state index contributed by atoms with van der Waals surface area (Å²) in [5.41, 5.74) is 8.67. The van der Waals surface area contributed by atoms with Gasteiger partial charge in [0, 0.05) is 6.54 Å². The average molecular weight is 396 g/mol. The number of nitrogens with two attached hydrogens (primary N) is 1. The standard InChI is InChI=1S/C22H28N4O3/c1-13-4-9-19(17-7-5-16(6-8-17)15(3)27)26(12-13)22(29)21(28)25-18-10-14(2)20(23)24-11-18/h5-8,10-11,13,15,19,27H,4,9,12H2,1-3H3,(H2,23,24)(H,25,28)/t13-,15?,19+/m1/s1. The zero-order chi connectivity index (χ0) is 21.1. The maximum absolute atomic E-state index is 13.0. The van der Waals surface area contributed by atoms with Crippen molar-refractivity contribution in [1.29, 1.82) is 0 Å². The molecule has 29 heavy (non-hydrogen) atoms. The molecule has 0 aliphatic carbocycles. The molecule has 3 atom stereocenters. The number of carbonyl (C=O) groups excluding carboxylic acids is 2. The highest BCUT2D eigenvalue weighted by atomic mass is 16.3. The zero-order valence-corrected chi connectivity index (χ0v) is 17.1. The maximum atomic E-state index is 13.0. The lowest BCUT2D eigenvalue weighted by Gasteiger charge is -2.38. The quantitative estimate of drug-likeness (QED) is 0.691. The number of anilines is 2. The second-order valence-corrected chi connectivity index (χ2v) is 7.88. The number of nitrogen functional groups attached to an aromatic ring is 1. The Morgan fingerprint density at radius 1 is 1.28 bits per heavy atom. The number of hydrogen-bond acceptors (Lipinski definition) is 5. The van der Waals surface area contributed by atoms with E-state index in [4.69, 9.17) is 5.73 Å². The molecule has 0 spiro atoms. The van der Waals surface area contributed by atoms with Crippen LogP contribution in [0.25, 0.3) is 0 Å². The number of piperidine rings is 1. The van der Waals surface area contributed by atoms with Gasteiger partial charge in [-0.2, -0.15) is 0 Å². The molecular formula is C22H28N4O3. The first kappa shape index (κ1) is 20.8. The van der Waals surface area contributed by atoms with Gasteiger partial charge in [-0.15, -0.1) is 0 Å². The summed E-state index contributed by atoms with van der Waals surface area (Å²) in [6.45, 7) is 6.11. The summed E-state index contributed by atoms with van der Waals surface area (Å²) in [7, 11) is 0. The Hall–Kier alpha value is -2.93. The fourth-order valence-corrected chi connectivity index (χ4v) is 3.69. The van der Waals surface area contributed by atoms with Gasteiger partial charge in [0.1, 0.15) is 5.82 Å².